The predicted molar refractivity (Wildman–Crippen MR) is 120 cm³/mol. The lowest BCUT2D eigenvalue weighted by atomic mass is 10.3. The molecule has 0 bridgehead atoms. The molecule has 11 heteroatoms. The van der Waals surface area contributed by atoms with Gasteiger partial charge in [0.15, 0.2) is 17.5 Å². The quantitative estimate of drug-likeness (QED) is 0.466. The maximum atomic E-state index is 14.0. The summed E-state index contributed by atoms with van der Waals surface area (Å²) in [5.74, 6) is -2.31. The van der Waals surface area contributed by atoms with E-state index in [-0.39, 0.29) is 12.6 Å². The molecule has 0 spiro atoms. The van der Waals surface area contributed by atoms with Gasteiger partial charge in [-0.1, -0.05) is 29.8 Å². The lowest BCUT2D eigenvalue weighted by molar-refractivity contribution is -0.139. The zero-order chi connectivity index (χ0) is 23.5. The Morgan fingerprint density at radius 2 is 1.91 bits per heavy atom. The van der Waals surface area contributed by atoms with Crippen molar-refractivity contribution in [2.75, 3.05) is 41.8 Å². The van der Waals surface area contributed by atoms with Gasteiger partial charge in [0.05, 0.1) is 24.0 Å². The smallest absolute Gasteiger partial charge is 0.327 e. The van der Waals surface area contributed by atoms with Crippen molar-refractivity contribution in [3.63, 3.8) is 0 Å². The molecule has 172 valence electrons. The summed E-state index contributed by atoms with van der Waals surface area (Å²) in [6, 6.07) is 10.3. The summed E-state index contributed by atoms with van der Waals surface area (Å²) in [7, 11) is 1.30. The molecule has 0 N–H and O–H groups in total. The summed E-state index contributed by atoms with van der Waals surface area (Å²) >= 11 is 6.41. The van der Waals surface area contributed by atoms with Crippen LogP contribution in [0.5, 0.6) is 11.8 Å². The molecule has 0 amide bonds. The van der Waals surface area contributed by atoms with E-state index in [1.54, 1.807) is 34.3 Å². The summed E-state index contributed by atoms with van der Waals surface area (Å²) < 4.78 is 38.2. The van der Waals surface area contributed by atoms with Gasteiger partial charge < -0.3 is 14.4 Å². The molecule has 0 radical (unpaired) electrons. The number of ether oxygens (including phenoxy) is 2. The van der Waals surface area contributed by atoms with E-state index < -0.39 is 23.4 Å². The number of halogens is 3. The Hall–Kier alpha value is -3.66. The number of methoxy groups -OCH3 is 1. The molecule has 0 aliphatic carbocycles. The molecule has 2 aromatic carbocycles. The van der Waals surface area contributed by atoms with E-state index in [1.807, 2.05) is 11.8 Å². The number of aromatic nitrogens is 2. The van der Waals surface area contributed by atoms with Gasteiger partial charge in [0.2, 0.25) is 5.75 Å². The Bertz CT molecular complexity index is 1160. The molecule has 2 heterocycles. The molecular weight excluding hydrogens is 456 g/mol. The van der Waals surface area contributed by atoms with Gasteiger partial charge in [0.25, 0.3) is 0 Å². The monoisotopic (exact) mass is 475 g/mol. The number of carbonyl (C=O) groups is 1. The highest BCUT2D eigenvalue weighted by atomic mass is 35.5. The van der Waals surface area contributed by atoms with Crippen LogP contribution in [0, 0.1) is 11.6 Å². The predicted octanol–water partition coefficient (Wildman–Crippen LogP) is 4.40. The molecule has 0 saturated heterocycles. The number of hydrogen-bond acceptors (Lipinski definition) is 8. The number of esters is 1. The molecule has 0 atom stereocenters. The van der Waals surface area contributed by atoms with Crippen molar-refractivity contribution >= 4 is 34.8 Å². The number of benzene rings is 2. The number of hydrazine groups is 1. The van der Waals surface area contributed by atoms with Gasteiger partial charge in [-0.15, -0.1) is 0 Å². The van der Waals surface area contributed by atoms with Crippen molar-refractivity contribution in [1.29, 1.82) is 0 Å². The minimum absolute atomic E-state index is 0.115. The number of anilines is 3. The van der Waals surface area contributed by atoms with Crippen LogP contribution in [-0.2, 0) is 9.53 Å². The van der Waals surface area contributed by atoms with Gasteiger partial charge in [-0.25, -0.2) is 13.8 Å². The third-order valence-electron chi connectivity index (χ3n) is 5.03. The number of fused-ring (bicyclic) bond motifs is 1. The summed E-state index contributed by atoms with van der Waals surface area (Å²) in [6.07, 6.45) is 1.47. The van der Waals surface area contributed by atoms with Crippen molar-refractivity contribution in [2.45, 2.75) is 6.92 Å². The third-order valence-corrected chi connectivity index (χ3v) is 5.35. The minimum atomic E-state index is -0.865. The fourth-order valence-corrected chi connectivity index (χ4v) is 3.63. The van der Waals surface area contributed by atoms with Crippen LogP contribution < -0.4 is 19.7 Å². The Kier molecular flexibility index (Phi) is 6.45. The van der Waals surface area contributed by atoms with E-state index in [0.29, 0.717) is 35.4 Å². The second-order valence-electron chi connectivity index (χ2n) is 7.00. The summed E-state index contributed by atoms with van der Waals surface area (Å²) in [4.78, 5) is 22.6. The van der Waals surface area contributed by atoms with E-state index in [0.717, 1.165) is 12.1 Å². The molecule has 0 saturated carbocycles. The maximum Gasteiger partial charge on any atom is 0.327 e. The third kappa shape index (κ3) is 4.47. The molecule has 0 fully saturated rings. The molecule has 1 aliphatic heterocycles. The van der Waals surface area contributed by atoms with Crippen LogP contribution in [0.2, 0.25) is 5.02 Å². The maximum absolute atomic E-state index is 14.0. The highest BCUT2D eigenvalue weighted by molar-refractivity contribution is 6.33. The van der Waals surface area contributed by atoms with Crippen molar-refractivity contribution in [3.8, 4) is 11.8 Å². The van der Waals surface area contributed by atoms with Gasteiger partial charge in [-0.05, 0) is 31.2 Å². The lowest BCUT2D eigenvalue weighted by Gasteiger charge is -2.34. The standard InChI is InChI=1S/C22H20ClF2N5O3/c1-3-28-13-30(29(12-19(31)32-2)17-10-5-4-7-14(17)23)18-11-26-22(27-21(18)28)33-20-15(24)8-6-9-16(20)25/h4-11H,3,12-13H2,1-2H3. The molecule has 0 unspecified atom stereocenters. The first-order valence-corrected chi connectivity index (χ1v) is 10.4. The van der Waals surface area contributed by atoms with Crippen LogP contribution in [0.25, 0.3) is 0 Å². The Morgan fingerprint density at radius 1 is 1.18 bits per heavy atom. The number of nitrogens with zero attached hydrogens (tertiary/aromatic N) is 5. The van der Waals surface area contributed by atoms with Crippen LogP contribution in [0.4, 0.5) is 26.0 Å². The summed E-state index contributed by atoms with van der Waals surface area (Å²) in [6.45, 7) is 2.69. The normalized spacial score (nSPS) is 12.5. The van der Waals surface area contributed by atoms with Gasteiger partial charge >= 0.3 is 12.0 Å². The zero-order valence-corrected chi connectivity index (χ0v) is 18.6. The number of rotatable bonds is 7. The van der Waals surface area contributed by atoms with E-state index in [1.165, 1.54) is 19.4 Å². The van der Waals surface area contributed by atoms with E-state index in [4.69, 9.17) is 21.1 Å². The summed E-state index contributed by atoms with van der Waals surface area (Å²) in [5, 5.41) is 3.89. The number of hydrogen-bond donors (Lipinski definition) is 0. The van der Waals surface area contributed by atoms with Crippen molar-refractivity contribution in [1.82, 2.24) is 9.97 Å². The zero-order valence-electron chi connectivity index (χ0n) is 17.8. The number of carbonyl (C=O) groups excluding carboxylic acids is 1. The Morgan fingerprint density at radius 3 is 2.58 bits per heavy atom. The molecular formula is C22H20ClF2N5O3. The first-order valence-electron chi connectivity index (χ1n) is 10.0. The van der Waals surface area contributed by atoms with E-state index >= 15 is 0 Å². The molecule has 1 aromatic heterocycles. The van der Waals surface area contributed by atoms with Crippen molar-refractivity contribution in [2.24, 2.45) is 0 Å². The highest BCUT2D eigenvalue weighted by Gasteiger charge is 2.34. The van der Waals surface area contributed by atoms with Crippen LogP contribution >= 0.6 is 11.6 Å². The van der Waals surface area contributed by atoms with Crippen LogP contribution in [0.3, 0.4) is 0 Å². The largest absolute Gasteiger partial charge is 0.468 e. The Balaban J connectivity index is 1.72. The van der Waals surface area contributed by atoms with Crippen LogP contribution in [-0.4, -0.2) is 42.8 Å². The average Bonchev–Trinajstić information content (AvgIpc) is 3.18. The van der Waals surface area contributed by atoms with Crippen LogP contribution in [0.1, 0.15) is 6.92 Å². The minimum Gasteiger partial charge on any atom is -0.468 e. The first-order chi connectivity index (χ1) is 15.9. The fourth-order valence-electron chi connectivity index (χ4n) is 3.40. The molecule has 1 aliphatic rings. The number of para-hydroxylation sites is 2. The van der Waals surface area contributed by atoms with E-state index in [9.17, 15) is 13.6 Å². The van der Waals surface area contributed by atoms with Gasteiger partial charge in [-0.2, -0.15) is 4.98 Å². The van der Waals surface area contributed by atoms with Gasteiger partial charge in [0, 0.05) is 6.54 Å². The summed E-state index contributed by atoms with van der Waals surface area (Å²) in [5.41, 5.74) is 1.14. The molecule has 8 nitrogen and oxygen atoms in total. The second kappa shape index (κ2) is 9.45. The Labute approximate surface area is 193 Å². The van der Waals surface area contributed by atoms with Crippen molar-refractivity contribution in [3.05, 3.63) is 65.3 Å². The van der Waals surface area contributed by atoms with Crippen LogP contribution in [0.15, 0.2) is 48.7 Å². The average molecular weight is 476 g/mol. The molecule has 4 rings (SSSR count). The van der Waals surface area contributed by atoms with E-state index in [2.05, 4.69) is 9.97 Å². The molecule has 3 aromatic rings. The van der Waals surface area contributed by atoms with Gasteiger partial charge in [0.1, 0.15) is 18.9 Å². The highest BCUT2D eigenvalue weighted by Crippen LogP contribution is 2.39. The van der Waals surface area contributed by atoms with Crippen molar-refractivity contribution < 1.29 is 23.0 Å². The lowest BCUT2D eigenvalue weighted by Crippen LogP contribution is -2.48. The topological polar surface area (TPSA) is 71.0 Å². The SMILES string of the molecule is CCN1CN(N(CC(=O)OC)c2ccccc2Cl)c2cnc(Oc3c(F)cccc3F)nc21. The first kappa shape index (κ1) is 22.5. The fraction of sp³-hybridized carbons (Fsp3) is 0.227. The second-order valence-corrected chi connectivity index (χ2v) is 7.40. The molecule has 33 heavy (non-hydrogen) atoms. The van der Waals surface area contributed by atoms with Gasteiger partial charge in [-0.3, -0.25) is 14.8 Å².